The van der Waals surface area contributed by atoms with Crippen molar-refractivity contribution in [1.29, 1.82) is 0 Å². The summed E-state index contributed by atoms with van der Waals surface area (Å²) < 4.78 is 3.52. The van der Waals surface area contributed by atoms with E-state index in [0.29, 0.717) is 18.7 Å². The van der Waals surface area contributed by atoms with Crippen LogP contribution < -0.4 is 16.3 Å². The molecular formula is C25H28N6O3. The first-order valence-electron chi connectivity index (χ1n) is 11.1. The molecule has 0 aliphatic rings. The largest absolute Gasteiger partial charge is 0.342 e. The fraction of sp³-hybridized carbons (Fsp3) is 0.280. The molecular weight excluding hydrogens is 432 g/mol. The highest BCUT2D eigenvalue weighted by Gasteiger charge is 2.29. The molecule has 0 aliphatic carbocycles. The summed E-state index contributed by atoms with van der Waals surface area (Å²) in [4.78, 5) is 44.5. The number of nitrogens with zero attached hydrogens (tertiary/aromatic N) is 3. The van der Waals surface area contributed by atoms with E-state index in [9.17, 15) is 14.4 Å². The van der Waals surface area contributed by atoms with Crippen molar-refractivity contribution >= 4 is 28.5 Å². The Kier molecular flexibility index (Phi) is 6.36. The van der Waals surface area contributed by atoms with Gasteiger partial charge < -0.3 is 20.2 Å². The monoisotopic (exact) mass is 460 g/mol. The Morgan fingerprint density at radius 3 is 2.53 bits per heavy atom. The summed E-state index contributed by atoms with van der Waals surface area (Å²) in [5.74, 6) is -0.571. The van der Waals surface area contributed by atoms with E-state index in [0.717, 1.165) is 22.4 Å². The van der Waals surface area contributed by atoms with Crippen LogP contribution in [0.25, 0.3) is 16.7 Å². The number of hydrogen-bond donors (Lipinski definition) is 3. The highest BCUT2D eigenvalue weighted by atomic mass is 16.2. The molecule has 0 bridgehead atoms. The van der Waals surface area contributed by atoms with Gasteiger partial charge >= 0.3 is 5.69 Å². The van der Waals surface area contributed by atoms with Crippen molar-refractivity contribution in [1.82, 2.24) is 24.4 Å². The molecule has 0 fully saturated rings. The molecule has 176 valence electrons. The highest BCUT2D eigenvalue weighted by molar-refractivity contribution is 5.99. The summed E-state index contributed by atoms with van der Waals surface area (Å²) >= 11 is 0. The Morgan fingerprint density at radius 2 is 1.82 bits per heavy atom. The minimum absolute atomic E-state index is 0.196. The van der Waals surface area contributed by atoms with Crippen LogP contribution in [-0.4, -0.2) is 36.5 Å². The van der Waals surface area contributed by atoms with Crippen molar-refractivity contribution in [2.75, 3.05) is 5.32 Å². The van der Waals surface area contributed by atoms with Gasteiger partial charge in [0.05, 0.1) is 23.1 Å². The first-order valence-corrected chi connectivity index (χ1v) is 11.1. The maximum atomic E-state index is 12.8. The smallest absolute Gasteiger partial charge is 0.326 e. The van der Waals surface area contributed by atoms with E-state index in [1.807, 2.05) is 54.1 Å². The number of anilines is 1. The molecule has 0 unspecified atom stereocenters. The van der Waals surface area contributed by atoms with Crippen molar-refractivity contribution in [2.45, 2.75) is 45.7 Å². The number of carbonyl (C=O) groups is 2. The Balaban J connectivity index is 1.30. The van der Waals surface area contributed by atoms with Crippen LogP contribution in [0.3, 0.4) is 0 Å². The first-order chi connectivity index (χ1) is 16.2. The Hall–Kier alpha value is -4.14. The minimum atomic E-state index is -1.10. The van der Waals surface area contributed by atoms with Gasteiger partial charge in [0, 0.05) is 30.5 Å². The lowest BCUT2D eigenvalue weighted by atomic mass is 10.0. The molecule has 0 saturated heterocycles. The molecule has 0 saturated carbocycles. The first kappa shape index (κ1) is 23.0. The van der Waals surface area contributed by atoms with E-state index in [1.165, 1.54) is 0 Å². The van der Waals surface area contributed by atoms with Gasteiger partial charge in [-0.15, -0.1) is 0 Å². The number of carbonyl (C=O) groups excluding carboxylic acids is 2. The molecule has 9 heteroatoms. The lowest BCUT2D eigenvalue weighted by Crippen LogP contribution is -2.52. The minimum Gasteiger partial charge on any atom is -0.342 e. The summed E-state index contributed by atoms with van der Waals surface area (Å²) in [6.45, 7) is 5.65. The zero-order chi connectivity index (χ0) is 24.3. The molecule has 4 rings (SSSR count). The van der Waals surface area contributed by atoms with Crippen LogP contribution >= 0.6 is 0 Å². The fourth-order valence-corrected chi connectivity index (χ4v) is 3.76. The molecule has 3 N–H and O–H groups in total. The molecule has 34 heavy (non-hydrogen) atoms. The molecule has 0 atom stereocenters. The number of imidazole rings is 2. The zero-order valence-electron chi connectivity index (χ0n) is 19.5. The van der Waals surface area contributed by atoms with Crippen LogP contribution in [0.4, 0.5) is 5.69 Å². The number of aryl methyl sites for hydroxylation is 2. The highest BCUT2D eigenvalue weighted by Crippen LogP contribution is 2.16. The van der Waals surface area contributed by atoms with Gasteiger partial charge in [-0.1, -0.05) is 12.1 Å². The number of rotatable bonds is 8. The van der Waals surface area contributed by atoms with Gasteiger partial charge in [-0.3, -0.25) is 14.2 Å². The zero-order valence-corrected chi connectivity index (χ0v) is 19.5. The number of para-hydroxylation sites is 2. The standard InChI is InChI=1S/C25H28N6O3/c1-17-15-30(16-26-17)19-12-10-18(11-13-19)27-23(33)25(2,3)29-22(32)9-6-14-31-21-8-5-4-7-20(21)28-24(31)34/h4-5,7-8,10-13,15-16H,6,9,14H2,1-3H3,(H,27,33)(H,28,34)(H,29,32). The maximum absolute atomic E-state index is 12.8. The number of fused-ring (bicyclic) bond motifs is 1. The summed E-state index contributed by atoms with van der Waals surface area (Å²) in [5.41, 5.74) is 2.75. The van der Waals surface area contributed by atoms with Gasteiger partial charge in [0.15, 0.2) is 0 Å². The Morgan fingerprint density at radius 1 is 1.09 bits per heavy atom. The molecule has 0 aliphatic heterocycles. The predicted molar refractivity (Wildman–Crippen MR) is 131 cm³/mol. The number of H-pyrrole nitrogens is 1. The second kappa shape index (κ2) is 9.38. The lowest BCUT2D eigenvalue weighted by molar-refractivity contribution is -0.129. The van der Waals surface area contributed by atoms with Crippen LogP contribution in [0.2, 0.25) is 0 Å². The van der Waals surface area contributed by atoms with E-state index in [4.69, 9.17) is 0 Å². The average Bonchev–Trinajstić information content (AvgIpc) is 3.37. The molecule has 9 nitrogen and oxygen atoms in total. The summed E-state index contributed by atoms with van der Waals surface area (Å²) in [7, 11) is 0. The van der Waals surface area contributed by atoms with Gasteiger partial charge in [-0.2, -0.15) is 0 Å². The van der Waals surface area contributed by atoms with Crippen molar-refractivity contribution in [3.63, 3.8) is 0 Å². The van der Waals surface area contributed by atoms with E-state index < -0.39 is 5.54 Å². The van der Waals surface area contributed by atoms with Crippen molar-refractivity contribution in [3.05, 3.63) is 77.2 Å². The van der Waals surface area contributed by atoms with Crippen LogP contribution in [0, 0.1) is 6.92 Å². The van der Waals surface area contributed by atoms with Crippen LogP contribution in [0.5, 0.6) is 0 Å². The lowest BCUT2D eigenvalue weighted by Gasteiger charge is -2.25. The van der Waals surface area contributed by atoms with E-state index in [-0.39, 0.29) is 23.9 Å². The number of nitrogens with one attached hydrogen (secondary N) is 3. The average molecular weight is 461 g/mol. The second-order valence-electron chi connectivity index (χ2n) is 8.80. The van der Waals surface area contributed by atoms with Crippen molar-refractivity contribution in [3.8, 4) is 5.69 Å². The third kappa shape index (κ3) is 5.09. The molecule has 4 aromatic rings. The van der Waals surface area contributed by atoms with Gasteiger partial charge in [0.2, 0.25) is 11.8 Å². The van der Waals surface area contributed by atoms with Crippen LogP contribution in [-0.2, 0) is 16.1 Å². The van der Waals surface area contributed by atoms with Gasteiger partial charge in [-0.05, 0) is 63.6 Å². The number of benzene rings is 2. The van der Waals surface area contributed by atoms with Gasteiger partial charge in [0.1, 0.15) is 5.54 Å². The molecule has 0 radical (unpaired) electrons. The third-order valence-corrected chi connectivity index (χ3v) is 5.62. The quantitative estimate of drug-likeness (QED) is 0.375. The predicted octanol–water partition coefficient (Wildman–Crippen LogP) is 3.14. The fourth-order valence-electron chi connectivity index (χ4n) is 3.76. The van der Waals surface area contributed by atoms with Crippen LogP contribution in [0.1, 0.15) is 32.4 Å². The van der Waals surface area contributed by atoms with Crippen molar-refractivity contribution < 1.29 is 9.59 Å². The van der Waals surface area contributed by atoms with Crippen molar-refractivity contribution in [2.24, 2.45) is 0 Å². The Bertz CT molecular complexity index is 1380. The van der Waals surface area contributed by atoms with Gasteiger partial charge in [-0.25, -0.2) is 9.78 Å². The second-order valence-corrected chi connectivity index (χ2v) is 8.80. The topological polar surface area (TPSA) is 114 Å². The van der Waals surface area contributed by atoms with E-state index in [1.54, 1.807) is 36.9 Å². The van der Waals surface area contributed by atoms with Crippen LogP contribution in [0.15, 0.2) is 65.8 Å². The number of aromatic amines is 1. The van der Waals surface area contributed by atoms with E-state index >= 15 is 0 Å². The SMILES string of the molecule is Cc1cn(-c2ccc(NC(=O)C(C)(C)NC(=O)CCCn3c(=O)[nH]c4ccccc43)cc2)cn1. The van der Waals surface area contributed by atoms with E-state index in [2.05, 4.69) is 20.6 Å². The summed E-state index contributed by atoms with van der Waals surface area (Å²) in [6, 6.07) is 14.8. The molecule has 2 aromatic carbocycles. The summed E-state index contributed by atoms with van der Waals surface area (Å²) in [5, 5.41) is 5.64. The molecule has 0 spiro atoms. The number of amides is 2. The maximum Gasteiger partial charge on any atom is 0.326 e. The molecule has 2 heterocycles. The molecule has 2 amide bonds. The third-order valence-electron chi connectivity index (χ3n) is 5.62. The van der Waals surface area contributed by atoms with Gasteiger partial charge in [0.25, 0.3) is 0 Å². The number of aromatic nitrogens is 4. The number of hydrogen-bond acceptors (Lipinski definition) is 4. The Labute approximate surface area is 196 Å². The summed E-state index contributed by atoms with van der Waals surface area (Å²) in [6.07, 6.45) is 4.32. The molecule has 2 aromatic heterocycles. The normalized spacial score (nSPS) is 11.5.